The highest BCUT2D eigenvalue weighted by molar-refractivity contribution is 7.80. The van der Waals surface area contributed by atoms with Crippen LogP contribution < -0.4 is 4.68 Å². The molecule has 0 aromatic carbocycles. The van der Waals surface area contributed by atoms with Gasteiger partial charge in [0.25, 0.3) is 0 Å². The van der Waals surface area contributed by atoms with Crippen molar-refractivity contribution >= 4 is 10.4 Å². The molecule has 0 saturated heterocycles. The van der Waals surface area contributed by atoms with Crippen LogP contribution in [0.15, 0.2) is 6.20 Å². The first-order valence-corrected chi connectivity index (χ1v) is 10.7. The third-order valence-corrected chi connectivity index (χ3v) is 6.09. The van der Waals surface area contributed by atoms with Gasteiger partial charge in [0, 0.05) is 11.5 Å². The van der Waals surface area contributed by atoms with Gasteiger partial charge in [0.05, 0.1) is 19.9 Å². The molecule has 7 heteroatoms. The zero-order valence-corrected chi connectivity index (χ0v) is 16.6. The standard InChI is InChI=1S/C17H29N2.CH4O4S/c1-18-13-16(14-9-5-3-6-10-14)17(19(18)2)15-11-7-4-8-12-15;1-5-6(2,3)4/h13-15H,3-12H2,1-2H3;1H3,(H,2,3,4)/q+1;/p-1. The van der Waals surface area contributed by atoms with E-state index in [9.17, 15) is 13.0 Å². The lowest BCUT2D eigenvalue weighted by Crippen LogP contribution is -2.37. The minimum atomic E-state index is -4.41. The van der Waals surface area contributed by atoms with Crippen LogP contribution >= 0.6 is 0 Å². The van der Waals surface area contributed by atoms with Gasteiger partial charge in [-0.1, -0.05) is 38.5 Å². The van der Waals surface area contributed by atoms with Crippen molar-refractivity contribution in [2.45, 2.75) is 76.0 Å². The van der Waals surface area contributed by atoms with Gasteiger partial charge in [-0.05, 0) is 31.6 Å². The highest BCUT2D eigenvalue weighted by atomic mass is 32.3. The molecule has 1 aromatic heterocycles. The molecule has 1 aromatic rings. The van der Waals surface area contributed by atoms with Gasteiger partial charge in [0.1, 0.15) is 0 Å². The fourth-order valence-corrected chi connectivity index (χ4v) is 4.31. The molecule has 2 aliphatic carbocycles. The van der Waals surface area contributed by atoms with E-state index in [0.717, 1.165) is 18.9 Å². The maximum absolute atomic E-state index is 9.22. The van der Waals surface area contributed by atoms with E-state index < -0.39 is 10.4 Å². The van der Waals surface area contributed by atoms with Crippen molar-refractivity contribution in [3.63, 3.8) is 0 Å². The molecule has 0 unspecified atom stereocenters. The monoisotopic (exact) mass is 372 g/mol. The van der Waals surface area contributed by atoms with Crippen molar-refractivity contribution in [1.29, 1.82) is 0 Å². The summed E-state index contributed by atoms with van der Waals surface area (Å²) in [6, 6.07) is 0. The van der Waals surface area contributed by atoms with E-state index in [1.807, 2.05) is 0 Å². The summed E-state index contributed by atoms with van der Waals surface area (Å²) >= 11 is 0. The summed E-state index contributed by atoms with van der Waals surface area (Å²) in [6.45, 7) is 0. The van der Waals surface area contributed by atoms with Crippen molar-refractivity contribution in [3.05, 3.63) is 17.5 Å². The van der Waals surface area contributed by atoms with E-state index in [4.69, 9.17) is 0 Å². The van der Waals surface area contributed by atoms with Crippen LogP contribution in [-0.2, 0) is 28.7 Å². The topological polar surface area (TPSA) is 75.2 Å². The van der Waals surface area contributed by atoms with Crippen LogP contribution in [0.5, 0.6) is 0 Å². The summed E-state index contributed by atoms with van der Waals surface area (Å²) in [5.41, 5.74) is 3.37. The van der Waals surface area contributed by atoms with E-state index in [0.29, 0.717) is 0 Å². The molecule has 2 aliphatic rings. The average Bonchev–Trinajstić information content (AvgIpc) is 2.91. The number of rotatable bonds is 3. The van der Waals surface area contributed by atoms with Gasteiger partial charge >= 0.3 is 0 Å². The maximum Gasteiger partial charge on any atom is 0.217 e. The molecule has 3 rings (SSSR count). The Labute approximate surface area is 152 Å². The number of aromatic nitrogens is 2. The molecular formula is C18H32N2O4S. The number of aryl methyl sites for hydroxylation is 1. The molecule has 25 heavy (non-hydrogen) atoms. The second kappa shape index (κ2) is 9.14. The van der Waals surface area contributed by atoms with Crippen LogP contribution in [0.2, 0.25) is 0 Å². The van der Waals surface area contributed by atoms with Crippen molar-refractivity contribution in [1.82, 2.24) is 4.68 Å². The molecule has 0 N–H and O–H groups in total. The second-order valence-electron chi connectivity index (χ2n) is 7.31. The fourth-order valence-electron chi connectivity index (χ4n) is 4.31. The lowest BCUT2D eigenvalue weighted by Gasteiger charge is -2.25. The van der Waals surface area contributed by atoms with Crippen molar-refractivity contribution < 1.29 is 21.8 Å². The van der Waals surface area contributed by atoms with Crippen LogP contribution in [0, 0.1) is 0 Å². The zero-order valence-electron chi connectivity index (χ0n) is 15.7. The normalized spacial score (nSPS) is 20.2. The summed E-state index contributed by atoms with van der Waals surface area (Å²) in [6.07, 6.45) is 16.7. The molecular weight excluding hydrogens is 340 g/mol. The van der Waals surface area contributed by atoms with Crippen molar-refractivity contribution in [3.8, 4) is 0 Å². The van der Waals surface area contributed by atoms with Gasteiger partial charge in [-0.3, -0.25) is 4.18 Å². The van der Waals surface area contributed by atoms with E-state index in [-0.39, 0.29) is 0 Å². The van der Waals surface area contributed by atoms with Gasteiger partial charge in [-0.25, -0.2) is 8.42 Å². The van der Waals surface area contributed by atoms with Crippen LogP contribution in [0.3, 0.4) is 0 Å². The SMILES string of the molecule is COS(=O)(=O)[O-].Cn1c(C2CCCCC2)c(C2CCCCC2)c[n+]1C. The first-order chi connectivity index (χ1) is 11.8. The Balaban J connectivity index is 0.000000326. The van der Waals surface area contributed by atoms with E-state index in [2.05, 4.69) is 33.8 Å². The highest BCUT2D eigenvalue weighted by Crippen LogP contribution is 2.40. The average molecular weight is 373 g/mol. The fraction of sp³-hybridized carbons (Fsp3) is 0.833. The van der Waals surface area contributed by atoms with Crippen LogP contribution in [0.4, 0.5) is 0 Å². The molecule has 0 aliphatic heterocycles. The van der Waals surface area contributed by atoms with Crippen LogP contribution in [0.25, 0.3) is 0 Å². The number of hydrogen-bond donors (Lipinski definition) is 0. The molecule has 0 spiro atoms. The van der Waals surface area contributed by atoms with Gasteiger partial charge in [0.2, 0.25) is 10.4 Å². The first-order valence-electron chi connectivity index (χ1n) is 9.40. The van der Waals surface area contributed by atoms with Crippen LogP contribution in [0.1, 0.15) is 87.3 Å². The first kappa shape index (κ1) is 20.4. The van der Waals surface area contributed by atoms with E-state index >= 15 is 0 Å². The molecule has 0 atom stereocenters. The van der Waals surface area contributed by atoms with E-state index in [1.165, 1.54) is 64.2 Å². The quantitative estimate of drug-likeness (QED) is 0.464. The number of nitrogens with zero attached hydrogens (tertiary/aromatic N) is 2. The van der Waals surface area contributed by atoms with Gasteiger partial charge < -0.3 is 4.55 Å². The predicted octanol–water partition coefficient (Wildman–Crippen LogP) is 3.04. The Hall–Kier alpha value is -0.920. The minimum Gasteiger partial charge on any atom is -0.726 e. The van der Waals surface area contributed by atoms with Gasteiger partial charge in [-0.2, -0.15) is 4.68 Å². The summed E-state index contributed by atoms with van der Waals surface area (Å²) in [4.78, 5) is 0. The molecule has 2 saturated carbocycles. The van der Waals surface area contributed by atoms with Gasteiger partial charge in [0.15, 0.2) is 13.2 Å². The lowest BCUT2D eigenvalue weighted by molar-refractivity contribution is -0.752. The second-order valence-corrected chi connectivity index (χ2v) is 8.46. The third-order valence-electron chi connectivity index (χ3n) is 5.68. The summed E-state index contributed by atoms with van der Waals surface area (Å²) < 4.78 is 35.8. The van der Waals surface area contributed by atoms with Crippen LogP contribution in [-0.4, -0.2) is 24.8 Å². The molecule has 2 fully saturated rings. The highest BCUT2D eigenvalue weighted by Gasteiger charge is 2.30. The lowest BCUT2D eigenvalue weighted by atomic mass is 9.79. The molecule has 0 bridgehead atoms. The summed E-state index contributed by atoms with van der Waals surface area (Å²) in [5.74, 6) is 1.68. The Morgan fingerprint density at radius 3 is 1.92 bits per heavy atom. The summed E-state index contributed by atoms with van der Waals surface area (Å²) in [5, 5.41) is 0. The maximum atomic E-state index is 9.22. The summed E-state index contributed by atoms with van der Waals surface area (Å²) in [7, 11) is 0.863. The van der Waals surface area contributed by atoms with Gasteiger partial charge in [-0.15, -0.1) is 4.68 Å². The Morgan fingerprint density at radius 2 is 1.48 bits per heavy atom. The predicted molar refractivity (Wildman–Crippen MR) is 94.9 cm³/mol. The molecule has 0 radical (unpaired) electrons. The molecule has 1 heterocycles. The third kappa shape index (κ3) is 5.79. The largest absolute Gasteiger partial charge is 0.726 e. The molecule has 6 nitrogen and oxygen atoms in total. The minimum absolute atomic E-state index is 0.808. The Morgan fingerprint density at radius 1 is 1.04 bits per heavy atom. The smallest absolute Gasteiger partial charge is 0.217 e. The van der Waals surface area contributed by atoms with Crippen molar-refractivity contribution in [2.24, 2.45) is 14.1 Å². The van der Waals surface area contributed by atoms with E-state index in [1.54, 1.807) is 11.3 Å². The Kier molecular flexibility index (Phi) is 7.46. The Bertz CT molecular complexity index is 642. The molecule has 144 valence electrons. The van der Waals surface area contributed by atoms with Crippen molar-refractivity contribution in [2.75, 3.05) is 7.11 Å². The molecule has 0 amide bonds. The number of hydrogen-bond acceptors (Lipinski definition) is 4. The zero-order chi connectivity index (χ0) is 18.4.